The van der Waals surface area contributed by atoms with Crippen LogP contribution in [-0.2, 0) is 9.53 Å². The van der Waals surface area contributed by atoms with Crippen molar-refractivity contribution >= 4 is 12.0 Å². The van der Waals surface area contributed by atoms with Crippen molar-refractivity contribution in [1.29, 1.82) is 0 Å². The van der Waals surface area contributed by atoms with Gasteiger partial charge in [0, 0.05) is 18.4 Å². The van der Waals surface area contributed by atoms with Gasteiger partial charge in [-0.25, -0.2) is 9.78 Å². The molecule has 7 nitrogen and oxygen atoms in total. The summed E-state index contributed by atoms with van der Waals surface area (Å²) in [6.45, 7) is 2.65. The maximum absolute atomic E-state index is 13.5. The minimum absolute atomic E-state index is 0.0978. The highest BCUT2D eigenvalue weighted by molar-refractivity contribution is 5.87. The lowest BCUT2D eigenvalue weighted by Gasteiger charge is -2.28. The predicted octanol–water partition coefficient (Wildman–Crippen LogP) is 2.87. The molecule has 2 atom stereocenters. The van der Waals surface area contributed by atoms with Crippen LogP contribution < -0.4 is 5.32 Å². The third kappa shape index (κ3) is 3.41. The first kappa shape index (κ1) is 17.6. The summed E-state index contributed by atoms with van der Waals surface area (Å²) in [4.78, 5) is 35.0. The fourth-order valence-corrected chi connectivity index (χ4v) is 3.95. The van der Waals surface area contributed by atoms with Crippen molar-refractivity contribution in [3.63, 3.8) is 0 Å². The van der Waals surface area contributed by atoms with Gasteiger partial charge in [-0.1, -0.05) is 30.3 Å². The molecule has 4 rings (SSSR count). The van der Waals surface area contributed by atoms with E-state index in [1.807, 2.05) is 42.2 Å². The second kappa shape index (κ2) is 6.72. The second-order valence-electron chi connectivity index (χ2n) is 7.62. The summed E-state index contributed by atoms with van der Waals surface area (Å²) in [5, 5.41) is 2.70. The number of aromatic amines is 1. The highest BCUT2D eigenvalue weighted by Gasteiger charge is 2.55. The number of nitrogens with zero attached hydrogens (tertiary/aromatic N) is 2. The molecule has 2 aromatic rings. The Kier molecular flexibility index (Phi) is 4.37. The van der Waals surface area contributed by atoms with Crippen molar-refractivity contribution in [3.05, 3.63) is 53.6 Å². The highest BCUT2D eigenvalue weighted by atomic mass is 16.5. The number of alkyl carbamates (subject to hydrolysis) is 1. The zero-order valence-corrected chi connectivity index (χ0v) is 15.6. The Balaban J connectivity index is 1.65. The van der Waals surface area contributed by atoms with E-state index < -0.39 is 12.1 Å². The number of carbonyl (C=O) groups excluding carboxylic acids is 2. The first-order chi connectivity index (χ1) is 13.0. The van der Waals surface area contributed by atoms with Gasteiger partial charge in [-0.3, -0.25) is 4.79 Å². The second-order valence-corrected chi connectivity index (χ2v) is 7.62. The Bertz CT molecular complexity index is 844. The molecular weight excluding hydrogens is 344 g/mol. The maximum atomic E-state index is 13.5. The van der Waals surface area contributed by atoms with Gasteiger partial charge in [0.1, 0.15) is 11.9 Å². The van der Waals surface area contributed by atoms with Gasteiger partial charge in [0.2, 0.25) is 0 Å². The number of carbonyl (C=O) groups is 2. The van der Waals surface area contributed by atoms with Gasteiger partial charge < -0.3 is 19.9 Å². The van der Waals surface area contributed by atoms with Crippen LogP contribution >= 0.6 is 0 Å². The Morgan fingerprint density at radius 2 is 2.07 bits per heavy atom. The average Bonchev–Trinajstić information content (AvgIpc) is 3.12. The molecule has 1 spiro atoms. The molecule has 1 aromatic carbocycles. The van der Waals surface area contributed by atoms with E-state index in [1.165, 1.54) is 7.11 Å². The molecular formula is C20H24N4O3. The summed E-state index contributed by atoms with van der Waals surface area (Å²) in [6.07, 6.45) is 4.34. The largest absolute Gasteiger partial charge is 0.453 e. The van der Waals surface area contributed by atoms with E-state index in [4.69, 9.17) is 4.74 Å². The summed E-state index contributed by atoms with van der Waals surface area (Å²) in [6, 6.07) is 8.39. The summed E-state index contributed by atoms with van der Waals surface area (Å²) < 4.78 is 4.74. The molecule has 2 fully saturated rings. The Morgan fingerprint density at radius 3 is 2.67 bits per heavy atom. The summed E-state index contributed by atoms with van der Waals surface area (Å²) in [5.41, 5.74) is 1.91. The molecule has 0 bridgehead atoms. The lowest BCUT2D eigenvalue weighted by Crippen LogP contribution is -2.43. The van der Waals surface area contributed by atoms with Gasteiger partial charge in [0.05, 0.1) is 13.2 Å². The molecule has 2 amide bonds. The van der Waals surface area contributed by atoms with Crippen LogP contribution in [0.25, 0.3) is 0 Å². The fraction of sp³-hybridized carbons (Fsp3) is 0.450. The standard InChI is InChI=1S/C20H24N4O3/c1-13-11-21-17(22-13)15-10-20(8-9-20)12-24(15)18(25)16(23-19(26)27-2)14-6-4-3-5-7-14/h3-7,11,15-16H,8-10,12H2,1-2H3,(H,21,22)(H,23,26). The molecule has 1 aliphatic heterocycles. The number of rotatable bonds is 4. The van der Waals surface area contributed by atoms with Crippen LogP contribution in [-0.4, -0.2) is 40.5 Å². The summed E-state index contributed by atoms with van der Waals surface area (Å²) in [7, 11) is 1.30. The van der Waals surface area contributed by atoms with Gasteiger partial charge in [-0.2, -0.15) is 0 Å². The Hall–Kier alpha value is -2.83. The number of hydrogen-bond acceptors (Lipinski definition) is 4. The molecule has 1 aromatic heterocycles. The number of nitrogens with one attached hydrogen (secondary N) is 2. The third-order valence-electron chi connectivity index (χ3n) is 5.61. The molecule has 2 N–H and O–H groups in total. The first-order valence-corrected chi connectivity index (χ1v) is 9.23. The lowest BCUT2D eigenvalue weighted by molar-refractivity contribution is -0.134. The number of benzene rings is 1. The van der Waals surface area contributed by atoms with Crippen molar-refractivity contribution in [2.45, 2.75) is 38.3 Å². The van der Waals surface area contributed by atoms with Crippen LogP contribution in [0.4, 0.5) is 4.79 Å². The number of aryl methyl sites for hydroxylation is 1. The SMILES string of the molecule is COC(=O)NC(C(=O)N1CC2(CC2)CC1c1ncc(C)[nH]1)c1ccccc1. The predicted molar refractivity (Wildman–Crippen MR) is 98.8 cm³/mol. The zero-order chi connectivity index (χ0) is 19.0. The lowest BCUT2D eigenvalue weighted by atomic mass is 10.0. The maximum Gasteiger partial charge on any atom is 0.407 e. The van der Waals surface area contributed by atoms with Gasteiger partial charge in [-0.15, -0.1) is 0 Å². The topological polar surface area (TPSA) is 87.3 Å². The van der Waals surface area contributed by atoms with E-state index in [0.29, 0.717) is 6.54 Å². The molecule has 2 unspecified atom stereocenters. The molecule has 27 heavy (non-hydrogen) atoms. The van der Waals surface area contributed by atoms with Crippen LogP contribution in [0.15, 0.2) is 36.5 Å². The normalized spacial score (nSPS) is 21.1. The van der Waals surface area contributed by atoms with E-state index in [2.05, 4.69) is 15.3 Å². The van der Waals surface area contributed by atoms with E-state index in [9.17, 15) is 9.59 Å². The van der Waals surface area contributed by atoms with Crippen LogP contribution in [0.5, 0.6) is 0 Å². The molecule has 1 saturated heterocycles. The number of likely N-dealkylation sites (tertiary alicyclic amines) is 1. The highest BCUT2D eigenvalue weighted by Crippen LogP contribution is 2.58. The number of amides is 2. The van der Waals surface area contributed by atoms with Crippen molar-refractivity contribution in [2.75, 3.05) is 13.7 Å². The number of H-pyrrole nitrogens is 1. The van der Waals surface area contributed by atoms with E-state index in [-0.39, 0.29) is 17.4 Å². The quantitative estimate of drug-likeness (QED) is 0.869. The van der Waals surface area contributed by atoms with E-state index >= 15 is 0 Å². The summed E-state index contributed by atoms with van der Waals surface area (Å²) >= 11 is 0. The van der Waals surface area contributed by atoms with E-state index in [1.54, 1.807) is 6.20 Å². The van der Waals surface area contributed by atoms with Crippen LogP contribution in [0, 0.1) is 12.3 Å². The fourth-order valence-electron chi connectivity index (χ4n) is 3.95. The number of imidazole rings is 1. The molecule has 7 heteroatoms. The average molecular weight is 368 g/mol. The van der Waals surface area contributed by atoms with Gasteiger partial charge in [-0.05, 0) is 37.2 Å². The van der Waals surface area contributed by atoms with E-state index in [0.717, 1.165) is 36.3 Å². The van der Waals surface area contributed by atoms with Crippen LogP contribution in [0.3, 0.4) is 0 Å². The first-order valence-electron chi connectivity index (χ1n) is 9.23. The smallest absolute Gasteiger partial charge is 0.407 e. The molecule has 0 radical (unpaired) electrons. The number of ether oxygens (including phenoxy) is 1. The van der Waals surface area contributed by atoms with Gasteiger partial charge in [0.25, 0.3) is 5.91 Å². The summed E-state index contributed by atoms with van der Waals surface area (Å²) in [5.74, 6) is 0.684. The van der Waals surface area contributed by atoms with Crippen molar-refractivity contribution in [1.82, 2.24) is 20.2 Å². The van der Waals surface area contributed by atoms with Crippen molar-refractivity contribution in [3.8, 4) is 0 Å². The van der Waals surface area contributed by atoms with Crippen molar-refractivity contribution < 1.29 is 14.3 Å². The van der Waals surface area contributed by atoms with Crippen LogP contribution in [0.2, 0.25) is 0 Å². The van der Waals surface area contributed by atoms with Gasteiger partial charge in [0.15, 0.2) is 0 Å². The third-order valence-corrected chi connectivity index (χ3v) is 5.61. The van der Waals surface area contributed by atoms with Crippen molar-refractivity contribution in [2.24, 2.45) is 5.41 Å². The zero-order valence-electron chi connectivity index (χ0n) is 15.6. The minimum atomic E-state index is -0.786. The van der Waals surface area contributed by atoms with Crippen LogP contribution in [0.1, 0.15) is 48.4 Å². The molecule has 2 aliphatic rings. The number of aromatic nitrogens is 2. The number of methoxy groups -OCH3 is 1. The number of hydrogen-bond donors (Lipinski definition) is 2. The monoisotopic (exact) mass is 368 g/mol. The van der Waals surface area contributed by atoms with Gasteiger partial charge >= 0.3 is 6.09 Å². The molecule has 2 heterocycles. The Labute approximate surface area is 158 Å². The Morgan fingerprint density at radius 1 is 1.33 bits per heavy atom. The molecule has 1 aliphatic carbocycles. The molecule has 142 valence electrons. The minimum Gasteiger partial charge on any atom is -0.453 e. The molecule has 1 saturated carbocycles.